The van der Waals surface area contributed by atoms with Gasteiger partial charge in [-0.05, 0) is 36.4 Å². The van der Waals surface area contributed by atoms with Gasteiger partial charge in [0, 0.05) is 37.6 Å². The highest BCUT2D eigenvalue weighted by Gasteiger charge is 2.22. The number of piperazine rings is 1. The van der Waals surface area contributed by atoms with Crippen LogP contribution in [0.2, 0.25) is 0 Å². The number of hydrogen-bond donors (Lipinski definition) is 2. The van der Waals surface area contributed by atoms with Gasteiger partial charge in [0.25, 0.3) is 0 Å². The van der Waals surface area contributed by atoms with Gasteiger partial charge in [0.05, 0.1) is 6.57 Å². The highest BCUT2D eigenvalue weighted by atomic mass is 16.3. The largest absolute Gasteiger partial charge is 0.508 e. The SMILES string of the molecule is [C-]#[N+]c1ccc(-n2cnc3c(N)nc(N4CCN(c5ccc(O)cc5)CC4)nc32)cc1. The Morgan fingerprint density at radius 2 is 1.52 bits per heavy atom. The van der Waals surface area contributed by atoms with Gasteiger partial charge >= 0.3 is 0 Å². The highest BCUT2D eigenvalue weighted by molar-refractivity contribution is 5.84. The van der Waals surface area contributed by atoms with Crippen LogP contribution in [0.15, 0.2) is 54.9 Å². The van der Waals surface area contributed by atoms with Crippen LogP contribution in [0.3, 0.4) is 0 Å². The number of aromatic hydroxyl groups is 1. The van der Waals surface area contributed by atoms with Crippen molar-refractivity contribution in [2.75, 3.05) is 41.7 Å². The number of phenolic OH excluding ortho intramolecular Hbond substituents is 1. The molecule has 1 saturated heterocycles. The van der Waals surface area contributed by atoms with Gasteiger partial charge in [0.15, 0.2) is 22.7 Å². The van der Waals surface area contributed by atoms with E-state index in [0.717, 1.165) is 37.6 Å². The molecule has 1 fully saturated rings. The molecule has 4 aromatic rings. The number of imidazole rings is 1. The maximum absolute atomic E-state index is 9.50. The lowest BCUT2D eigenvalue weighted by Gasteiger charge is -2.36. The molecule has 2 aromatic heterocycles. The molecule has 0 spiro atoms. The maximum Gasteiger partial charge on any atom is 0.229 e. The van der Waals surface area contributed by atoms with Crippen molar-refractivity contribution in [3.8, 4) is 11.4 Å². The second-order valence-electron chi connectivity index (χ2n) is 7.31. The normalized spacial score (nSPS) is 14.0. The molecular weight excluding hydrogens is 392 g/mol. The van der Waals surface area contributed by atoms with Gasteiger partial charge in [-0.2, -0.15) is 9.97 Å². The molecule has 0 unspecified atom stereocenters. The summed E-state index contributed by atoms with van der Waals surface area (Å²) >= 11 is 0. The Bertz CT molecular complexity index is 1270. The first-order chi connectivity index (χ1) is 15.1. The Morgan fingerprint density at radius 1 is 0.871 bits per heavy atom. The third kappa shape index (κ3) is 3.44. The number of benzene rings is 2. The number of nitrogens with zero attached hydrogens (tertiary/aromatic N) is 7. The van der Waals surface area contributed by atoms with Crippen LogP contribution < -0.4 is 15.5 Å². The second kappa shape index (κ2) is 7.50. The molecule has 9 nitrogen and oxygen atoms in total. The van der Waals surface area contributed by atoms with Gasteiger partial charge in [-0.25, -0.2) is 9.83 Å². The van der Waals surface area contributed by atoms with E-state index in [4.69, 9.17) is 17.3 Å². The topological polar surface area (TPSA) is 101 Å². The van der Waals surface area contributed by atoms with Gasteiger partial charge in [-0.1, -0.05) is 12.1 Å². The van der Waals surface area contributed by atoms with E-state index < -0.39 is 0 Å². The van der Waals surface area contributed by atoms with Crippen LogP contribution in [-0.4, -0.2) is 50.8 Å². The van der Waals surface area contributed by atoms with Crippen LogP contribution in [0.1, 0.15) is 0 Å². The number of nitrogen functional groups attached to an aromatic ring is 1. The molecule has 0 atom stereocenters. The number of rotatable bonds is 3. The minimum absolute atomic E-state index is 0.264. The fourth-order valence-electron chi connectivity index (χ4n) is 3.76. The van der Waals surface area contributed by atoms with Crippen molar-refractivity contribution >= 4 is 34.3 Å². The number of aromatic nitrogens is 4. The summed E-state index contributed by atoms with van der Waals surface area (Å²) in [5.41, 5.74) is 9.91. The summed E-state index contributed by atoms with van der Waals surface area (Å²) in [5, 5.41) is 9.50. The van der Waals surface area contributed by atoms with Crippen LogP contribution in [0.4, 0.5) is 23.1 Å². The van der Waals surface area contributed by atoms with E-state index in [1.165, 1.54) is 0 Å². The van der Waals surface area contributed by atoms with Crippen molar-refractivity contribution in [1.82, 2.24) is 19.5 Å². The summed E-state index contributed by atoms with van der Waals surface area (Å²) in [6, 6.07) is 14.5. The Morgan fingerprint density at radius 3 is 2.19 bits per heavy atom. The van der Waals surface area contributed by atoms with Crippen molar-refractivity contribution in [2.24, 2.45) is 0 Å². The van der Waals surface area contributed by atoms with Crippen LogP contribution in [-0.2, 0) is 0 Å². The number of hydrogen-bond acceptors (Lipinski definition) is 7. The van der Waals surface area contributed by atoms with E-state index in [1.807, 2.05) is 28.8 Å². The summed E-state index contributed by atoms with van der Waals surface area (Å²) in [7, 11) is 0. The summed E-state index contributed by atoms with van der Waals surface area (Å²) in [4.78, 5) is 21.5. The molecule has 5 rings (SSSR count). The monoisotopic (exact) mass is 412 g/mol. The fourth-order valence-corrected chi connectivity index (χ4v) is 3.76. The standard InChI is InChI=1S/C22H20N8O/c1-24-15-2-4-17(5-3-15)30-14-25-19-20(23)26-22(27-21(19)30)29-12-10-28(11-13-29)16-6-8-18(31)9-7-16/h2-9,14,31H,10-13H2,(H2,23,26,27). The van der Waals surface area contributed by atoms with E-state index in [9.17, 15) is 5.11 Å². The first-order valence-corrected chi connectivity index (χ1v) is 9.90. The van der Waals surface area contributed by atoms with E-state index in [-0.39, 0.29) is 5.75 Å². The molecule has 0 bridgehead atoms. The molecule has 3 N–H and O–H groups in total. The molecule has 1 aliphatic rings. The zero-order valence-electron chi connectivity index (χ0n) is 16.7. The number of anilines is 3. The first kappa shape index (κ1) is 18.7. The minimum Gasteiger partial charge on any atom is -0.508 e. The van der Waals surface area contributed by atoms with Crippen LogP contribution >= 0.6 is 0 Å². The zero-order chi connectivity index (χ0) is 21.4. The van der Waals surface area contributed by atoms with Gasteiger partial charge in [-0.15, -0.1) is 0 Å². The summed E-state index contributed by atoms with van der Waals surface area (Å²) < 4.78 is 1.86. The van der Waals surface area contributed by atoms with Crippen molar-refractivity contribution < 1.29 is 5.11 Å². The average molecular weight is 412 g/mol. The molecule has 3 heterocycles. The molecular formula is C22H20N8O. The van der Waals surface area contributed by atoms with Crippen LogP contribution in [0, 0.1) is 6.57 Å². The second-order valence-corrected chi connectivity index (χ2v) is 7.31. The van der Waals surface area contributed by atoms with Crippen molar-refractivity contribution in [1.29, 1.82) is 0 Å². The van der Waals surface area contributed by atoms with Crippen molar-refractivity contribution in [3.05, 3.63) is 66.3 Å². The summed E-state index contributed by atoms with van der Waals surface area (Å²) in [6.45, 7) is 10.2. The Hall–Kier alpha value is -4.32. The van der Waals surface area contributed by atoms with Gasteiger partial charge in [0.1, 0.15) is 12.1 Å². The minimum atomic E-state index is 0.264. The van der Waals surface area contributed by atoms with Crippen molar-refractivity contribution in [3.63, 3.8) is 0 Å². The fraction of sp³-hybridized carbons (Fsp3) is 0.182. The number of nitrogens with two attached hydrogens (primary N) is 1. The summed E-state index contributed by atoms with van der Waals surface area (Å²) in [6.07, 6.45) is 1.68. The van der Waals surface area contributed by atoms with Crippen molar-refractivity contribution in [2.45, 2.75) is 0 Å². The molecule has 0 aliphatic carbocycles. The Balaban J connectivity index is 1.41. The molecule has 0 radical (unpaired) electrons. The third-order valence-electron chi connectivity index (χ3n) is 5.45. The lowest BCUT2D eigenvalue weighted by Crippen LogP contribution is -2.47. The molecule has 0 saturated carbocycles. The zero-order valence-corrected chi connectivity index (χ0v) is 16.7. The predicted molar refractivity (Wildman–Crippen MR) is 120 cm³/mol. The predicted octanol–water partition coefficient (Wildman–Crippen LogP) is 2.98. The molecule has 2 aromatic carbocycles. The molecule has 0 amide bonds. The Labute approximate surface area is 178 Å². The van der Waals surface area contributed by atoms with Crippen LogP contribution in [0.5, 0.6) is 5.75 Å². The molecule has 9 heteroatoms. The lowest BCUT2D eigenvalue weighted by atomic mass is 10.2. The summed E-state index contributed by atoms with van der Waals surface area (Å²) in [5.74, 6) is 1.19. The van der Waals surface area contributed by atoms with Gasteiger partial charge in [0.2, 0.25) is 5.95 Å². The third-order valence-corrected chi connectivity index (χ3v) is 5.45. The first-order valence-electron chi connectivity index (χ1n) is 9.90. The average Bonchev–Trinajstić information content (AvgIpc) is 3.24. The van der Waals surface area contributed by atoms with E-state index in [0.29, 0.717) is 28.6 Å². The van der Waals surface area contributed by atoms with E-state index in [2.05, 4.69) is 24.6 Å². The number of fused-ring (bicyclic) bond motifs is 1. The van der Waals surface area contributed by atoms with E-state index >= 15 is 0 Å². The highest BCUT2D eigenvalue weighted by Crippen LogP contribution is 2.26. The number of phenols is 1. The lowest BCUT2D eigenvalue weighted by molar-refractivity contribution is 0.475. The molecule has 31 heavy (non-hydrogen) atoms. The quantitative estimate of drug-likeness (QED) is 0.499. The van der Waals surface area contributed by atoms with Crippen LogP contribution in [0.25, 0.3) is 21.7 Å². The van der Waals surface area contributed by atoms with Gasteiger partial charge in [-0.3, -0.25) is 4.57 Å². The Kier molecular flexibility index (Phi) is 4.52. The smallest absolute Gasteiger partial charge is 0.229 e. The van der Waals surface area contributed by atoms with Gasteiger partial charge < -0.3 is 20.6 Å². The molecule has 154 valence electrons. The maximum atomic E-state index is 9.50. The molecule has 1 aliphatic heterocycles. The van der Waals surface area contributed by atoms with E-state index in [1.54, 1.807) is 30.6 Å².